The van der Waals surface area contributed by atoms with Crippen LogP contribution in [0.15, 0.2) is 24.6 Å². The van der Waals surface area contributed by atoms with Crippen molar-refractivity contribution < 1.29 is 13.3 Å². The van der Waals surface area contributed by atoms with E-state index in [9.17, 15) is 0 Å². The maximum absolute atomic E-state index is 6.28. The Morgan fingerprint density at radius 2 is 1.44 bits per heavy atom. The smallest absolute Gasteiger partial charge is 0.214 e. The molecule has 0 saturated heterocycles. The van der Waals surface area contributed by atoms with Gasteiger partial charge in [0.15, 0.2) is 5.79 Å². The first-order chi connectivity index (χ1) is 8.16. The average Bonchev–Trinajstić information content (AvgIpc) is 2.28. The lowest BCUT2D eigenvalue weighted by Gasteiger charge is -2.42. The van der Waals surface area contributed by atoms with Crippen LogP contribution in [-0.2, 0) is 13.3 Å². The summed E-state index contributed by atoms with van der Waals surface area (Å²) >= 11 is 0. The van der Waals surface area contributed by atoms with Crippen LogP contribution in [0.25, 0.3) is 0 Å². The zero-order chi connectivity index (χ0) is 14.4. The first-order valence-electron chi connectivity index (χ1n) is 6.32. The Hall–Kier alpha value is 0.0106. The molecule has 0 spiro atoms. The molecule has 0 aromatic rings. The highest BCUT2D eigenvalue weighted by Gasteiger charge is 2.40. The van der Waals surface area contributed by atoms with Crippen molar-refractivity contribution >= 4 is 27.1 Å². The average molecular weight is 305 g/mol. The van der Waals surface area contributed by atoms with Gasteiger partial charge in [0, 0.05) is 0 Å². The molecule has 106 valence electrons. The summed E-state index contributed by atoms with van der Waals surface area (Å²) < 4.78 is 18.0. The van der Waals surface area contributed by atoms with Crippen molar-refractivity contribution in [3.63, 3.8) is 0 Å². The molecule has 0 aliphatic heterocycles. The molecule has 0 radical (unpaired) electrons. The quantitative estimate of drug-likeness (QED) is 0.483. The summed E-state index contributed by atoms with van der Waals surface area (Å²) in [7, 11) is -3.16. The van der Waals surface area contributed by atoms with Crippen molar-refractivity contribution in [2.24, 2.45) is 0 Å². The minimum atomic E-state index is -1.92. The van der Waals surface area contributed by atoms with Gasteiger partial charge in [-0.1, -0.05) is 18.3 Å². The molecule has 0 bridgehead atoms. The summed E-state index contributed by atoms with van der Waals surface area (Å²) in [6.45, 7) is 18.8. The van der Waals surface area contributed by atoms with Crippen LogP contribution >= 0.6 is 0 Å². The first kappa shape index (κ1) is 18.0. The van der Waals surface area contributed by atoms with Gasteiger partial charge in [-0.3, -0.25) is 0 Å². The molecule has 18 heavy (non-hydrogen) atoms. The van der Waals surface area contributed by atoms with Gasteiger partial charge in [0.25, 0.3) is 0 Å². The summed E-state index contributed by atoms with van der Waals surface area (Å²) in [6.07, 6.45) is 0.768. The molecule has 0 aliphatic carbocycles. The number of hydrogen-bond acceptors (Lipinski definition) is 3. The molecule has 0 aromatic carbocycles. The van der Waals surface area contributed by atoms with Crippen LogP contribution in [0, 0.1) is 0 Å². The van der Waals surface area contributed by atoms with Crippen LogP contribution in [0.1, 0.15) is 13.3 Å². The van der Waals surface area contributed by atoms with E-state index in [2.05, 4.69) is 46.3 Å². The maximum Gasteiger partial charge on any atom is 0.214 e. The normalized spacial score (nSPS) is 13.6. The van der Waals surface area contributed by atoms with Crippen LogP contribution in [0.5, 0.6) is 0 Å². The van der Waals surface area contributed by atoms with Gasteiger partial charge >= 0.3 is 0 Å². The third kappa shape index (κ3) is 5.77. The summed E-state index contributed by atoms with van der Waals surface area (Å²) in [5.41, 5.74) is 3.85. The lowest BCUT2D eigenvalue weighted by atomic mass is 10.2. The molecule has 0 unspecified atom stereocenters. The molecule has 0 heterocycles. The van der Waals surface area contributed by atoms with E-state index in [0.717, 1.165) is 6.42 Å². The van der Waals surface area contributed by atoms with Gasteiger partial charge in [0.1, 0.15) is 10.5 Å². The van der Waals surface area contributed by atoms with E-state index in [1.807, 2.05) is 11.4 Å². The third-order valence-electron chi connectivity index (χ3n) is 2.78. The van der Waals surface area contributed by atoms with E-state index in [1.54, 1.807) is 0 Å². The zero-order valence-electron chi connectivity index (χ0n) is 12.7. The highest BCUT2D eigenvalue weighted by Crippen LogP contribution is 2.28. The molecule has 0 atom stereocenters. The van der Waals surface area contributed by atoms with E-state index in [-0.39, 0.29) is 0 Å². The molecule has 0 saturated carbocycles. The van der Waals surface area contributed by atoms with E-state index < -0.39 is 22.4 Å². The fourth-order valence-corrected chi connectivity index (χ4v) is 4.69. The van der Waals surface area contributed by atoms with Gasteiger partial charge in [-0.15, -0.1) is 13.2 Å². The van der Waals surface area contributed by atoms with Crippen LogP contribution in [-0.4, -0.2) is 39.5 Å². The van der Waals surface area contributed by atoms with Crippen molar-refractivity contribution in [1.82, 2.24) is 0 Å². The van der Waals surface area contributed by atoms with E-state index in [1.165, 1.54) is 0 Å². The predicted octanol–water partition coefficient (Wildman–Crippen LogP) is 2.28. The summed E-state index contributed by atoms with van der Waals surface area (Å²) in [6, 6.07) is 0. The van der Waals surface area contributed by atoms with Gasteiger partial charge in [0.05, 0.1) is 6.61 Å². The van der Waals surface area contributed by atoms with Crippen LogP contribution in [0.4, 0.5) is 0 Å². The minimum Gasteiger partial charge on any atom is -0.423 e. The number of hydrogen-bond donors (Lipinski definition) is 0. The summed E-state index contributed by atoms with van der Waals surface area (Å²) in [4.78, 5) is 0. The Balaban J connectivity index is 5.15. The van der Waals surface area contributed by atoms with Crippen LogP contribution < -0.4 is 0 Å². The fraction of sp³-hybridized carbons (Fsp3) is 0.667. The standard InChI is InChI=1S/C12H28O3Si3/c1-8-12(11-13-16,14-17(4,5)9-2)15-18(6,7)10-3/h9-10H,2-3,8,11H2,1,4-7,16H3. The highest BCUT2D eigenvalue weighted by molar-refractivity contribution is 6.77. The van der Waals surface area contributed by atoms with Crippen LogP contribution in [0.2, 0.25) is 26.2 Å². The van der Waals surface area contributed by atoms with Gasteiger partial charge in [-0.25, -0.2) is 0 Å². The second kappa shape index (κ2) is 6.97. The van der Waals surface area contributed by atoms with Gasteiger partial charge in [0.2, 0.25) is 16.6 Å². The van der Waals surface area contributed by atoms with Gasteiger partial charge in [-0.2, -0.15) is 0 Å². The Labute approximate surface area is 117 Å². The topological polar surface area (TPSA) is 27.7 Å². The lowest BCUT2D eigenvalue weighted by Crippen LogP contribution is -2.53. The van der Waals surface area contributed by atoms with Crippen LogP contribution in [0.3, 0.4) is 0 Å². The Morgan fingerprint density at radius 3 is 1.67 bits per heavy atom. The first-order valence-corrected chi connectivity index (χ1v) is 13.1. The summed E-state index contributed by atoms with van der Waals surface area (Å²) in [5.74, 6) is -0.643. The van der Waals surface area contributed by atoms with E-state index in [0.29, 0.717) is 17.1 Å². The molecule has 0 fully saturated rings. The predicted molar refractivity (Wildman–Crippen MR) is 86.4 cm³/mol. The Kier molecular flexibility index (Phi) is 6.98. The SMILES string of the molecule is C=C[Si](C)(C)OC(CC)(CO[SiH3])O[Si](C)(C)C=C. The molecular formula is C12H28O3Si3. The maximum atomic E-state index is 6.28. The molecular weight excluding hydrogens is 276 g/mol. The van der Waals surface area contributed by atoms with Crippen molar-refractivity contribution in [1.29, 1.82) is 0 Å². The Morgan fingerprint density at radius 1 is 1.06 bits per heavy atom. The van der Waals surface area contributed by atoms with E-state index in [4.69, 9.17) is 13.3 Å². The number of rotatable bonds is 9. The van der Waals surface area contributed by atoms with Gasteiger partial charge < -0.3 is 13.3 Å². The van der Waals surface area contributed by atoms with Crippen molar-refractivity contribution in [2.75, 3.05) is 6.61 Å². The molecule has 0 rings (SSSR count). The molecule has 6 heteroatoms. The third-order valence-corrected chi connectivity index (χ3v) is 6.84. The molecule has 3 nitrogen and oxygen atoms in total. The molecule has 0 N–H and O–H groups in total. The zero-order valence-corrected chi connectivity index (χ0v) is 16.7. The van der Waals surface area contributed by atoms with E-state index >= 15 is 0 Å². The second-order valence-corrected chi connectivity index (χ2v) is 13.7. The minimum absolute atomic E-state index is 0.490. The highest BCUT2D eigenvalue weighted by atomic mass is 28.4. The van der Waals surface area contributed by atoms with Crippen molar-refractivity contribution in [3.05, 3.63) is 24.6 Å². The lowest BCUT2D eigenvalue weighted by molar-refractivity contribution is -0.150. The molecule has 0 aliphatic rings. The van der Waals surface area contributed by atoms with Crippen molar-refractivity contribution in [2.45, 2.75) is 45.3 Å². The second-order valence-electron chi connectivity index (χ2n) is 5.52. The van der Waals surface area contributed by atoms with Crippen molar-refractivity contribution in [3.8, 4) is 0 Å². The monoisotopic (exact) mass is 304 g/mol. The fourth-order valence-electron chi connectivity index (χ4n) is 1.59. The molecule has 0 amide bonds. The Bertz CT molecular complexity index is 268. The van der Waals surface area contributed by atoms with Gasteiger partial charge in [-0.05, 0) is 32.6 Å². The largest absolute Gasteiger partial charge is 0.423 e. The summed E-state index contributed by atoms with van der Waals surface area (Å²) in [5, 5.41) is 0. The molecule has 0 aromatic heterocycles.